The molecule has 2 bridgehead atoms. The molecule has 1 aromatic rings. The molecule has 1 saturated carbocycles. The topological polar surface area (TPSA) is 96.3 Å². The molecule has 0 spiro atoms. The van der Waals surface area contributed by atoms with Gasteiger partial charge in [0.05, 0.1) is 18.1 Å². The largest absolute Gasteiger partial charge is 0.481 e. The lowest BCUT2D eigenvalue weighted by Crippen LogP contribution is -2.28. The third-order valence-corrected chi connectivity index (χ3v) is 5.03. The molecule has 1 heterocycles. The number of imide groups is 1. The van der Waals surface area contributed by atoms with Crippen LogP contribution in [0.1, 0.15) is 12.0 Å². The van der Waals surface area contributed by atoms with Crippen LogP contribution < -0.4 is 4.74 Å². The first-order chi connectivity index (χ1) is 12.1. The highest BCUT2D eigenvalue weighted by atomic mass is 16.5. The van der Waals surface area contributed by atoms with E-state index in [4.69, 9.17) is 9.84 Å². The van der Waals surface area contributed by atoms with Crippen molar-refractivity contribution in [3.05, 3.63) is 42.0 Å². The van der Waals surface area contributed by atoms with E-state index in [0.717, 1.165) is 11.4 Å². The van der Waals surface area contributed by atoms with Crippen LogP contribution in [0.3, 0.4) is 0 Å². The van der Waals surface area contributed by atoms with Crippen LogP contribution in [0.4, 0.5) is 0 Å². The van der Waals surface area contributed by atoms with Gasteiger partial charge in [0.25, 0.3) is 11.8 Å². The molecule has 4 atom stereocenters. The molecule has 3 aliphatic rings. The number of hydrogen-bond donors (Lipinski definition) is 1. The zero-order chi connectivity index (χ0) is 17.6. The van der Waals surface area contributed by atoms with E-state index in [1.54, 1.807) is 24.3 Å². The fourth-order valence-electron chi connectivity index (χ4n) is 3.98. The zero-order valence-corrected chi connectivity index (χ0v) is 13.2. The number of carboxylic acid groups (broad SMARTS) is 1. The summed E-state index contributed by atoms with van der Waals surface area (Å²) < 4.78 is 5.20. The number of nitrogens with zero attached hydrogens (tertiary/aromatic N) is 2. The van der Waals surface area contributed by atoms with Gasteiger partial charge in [0.1, 0.15) is 5.75 Å². The summed E-state index contributed by atoms with van der Waals surface area (Å²) in [5.74, 6) is -1.59. The molecular formula is C18H16N2O5. The molecule has 1 saturated heterocycles. The molecule has 0 unspecified atom stereocenters. The molecule has 2 fully saturated rings. The molecule has 7 heteroatoms. The standard InChI is InChI=1S/C18H16N2O5/c21-14(22)9-25-13-4-2-1-3-12(13)8-19-20-17(23)15-10-5-6-11(7-10)16(15)18(20)24/h1-6,8,10-11,15-16H,7,9H2,(H,21,22)/t10-,11-,15-,16+/m0/s1. The number of rotatable bonds is 5. The Labute approximate surface area is 143 Å². The Bertz CT molecular complexity index is 785. The van der Waals surface area contributed by atoms with Crippen LogP contribution in [-0.4, -0.2) is 40.7 Å². The lowest BCUT2D eigenvalue weighted by molar-refractivity contribution is -0.141. The lowest BCUT2D eigenvalue weighted by Gasteiger charge is -2.13. The third-order valence-electron chi connectivity index (χ3n) is 5.03. The van der Waals surface area contributed by atoms with E-state index in [1.807, 2.05) is 12.2 Å². The Morgan fingerprint density at radius 3 is 2.48 bits per heavy atom. The van der Waals surface area contributed by atoms with Gasteiger partial charge in [-0.15, -0.1) is 0 Å². The maximum Gasteiger partial charge on any atom is 0.341 e. The number of amides is 2. The third kappa shape index (κ3) is 2.52. The van der Waals surface area contributed by atoms with Gasteiger partial charge in [0, 0.05) is 5.56 Å². The van der Waals surface area contributed by atoms with Crippen molar-refractivity contribution in [3.63, 3.8) is 0 Å². The van der Waals surface area contributed by atoms with E-state index in [-0.39, 0.29) is 35.5 Å². The van der Waals surface area contributed by atoms with E-state index < -0.39 is 12.6 Å². The van der Waals surface area contributed by atoms with E-state index in [9.17, 15) is 14.4 Å². The van der Waals surface area contributed by atoms with E-state index in [1.165, 1.54) is 6.21 Å². The quantitative estimate of drug-likeness (QED) is 0.495. The number of ether oxygens (including phenoxy) is 1. The predicted octanol–water partition coefficient (Wildman–Crippen LogP) is 1.29. The van der Waals surface area contributed by atoms with Gasteiger partial charge in [-0.2, -0.15) is 10.1 Å². The number of allylic oxidation sites excluding steroid dienone is 2. The van der Waals surface area contributed by atoms with Crippen molar-refractivity contribution in [2.24, 2.45) is 28.8 Å². The van der Waals surface area contributed by atoms with Crippen molar-refractivity contribution in [3.8, 4) is 5.75 Å². The summed E-state index contributed by atoms with van der Waals surface area (Å²) in [7, 11) is 0. The van der Waals surface area contributed by atoms with E-state index in [0.29, 0.717) is 11.3 Å². The lowest BCUT2D eigenvalue weighted by atomic mass is 9.85. The van der Waals surface area contributed by atoms with Gasteiger partial charge in [-0.25, -0.2) is 4.79 Å². The van der Waals surface area contributed by atoms with Crippen molar-refractivity contribution in [1.82, 2.24) is 5.01 Å². The van der Waals surface area contributed by atoms with Gasteiger partial charge in [0.2, 0.25) is 0 Å². The minimum absolute atomic E-state index is 0.137. The number of carbonyl (C=O) groups is 3. The Morgan fingerprint density at radius 2 is 1.84 bits per heavy atom. The second kappa shape index (κ2) is 5.84. The van der Waals surface area contributed by atoms with Crippen molar-refractivity contribution in [2.45, 2.75) is 6.42 Å². The summed E-state index contributed by atoms with van der Waals surface area (Å²) in [5.41, 5.74) is 0.502. The van der Waals surface area contributed by atoms with Gasteiger partial charge in [-0.05, 0) is 30.4 Å². The minimum Gasteiger partial charge on any atom is -0.481 e. The number of carboxylic acids is 1. The molecule has 1 N–H and O–H groups in total. The Morgan fingerprint density at radius 1 is 1.20 bits per heavy atom. The molecular weight excluding hydrogens is 324 g/mol. The first-order valence-electron chi connectivity index (χ1n) is 8.10. The number of carbonyl (C=O) groups excluding carboxylic acids is 2. The van der Waals surface area contributed by atoms with Crippen LogP contribution in [-0.2, 0) is 14.4 Å². The smallest absolute Gasteiger partial charge is 0.341 e. The molecule has 7 nitrogen and oxygen atoms in total. The molecule has 25 heavy (non-hydrogen) atoms. The molecule has 2 amide bonds. The van der Waals surface area contributed by atoms with Crippen molar-refractivity contribution >= 4 is 24.0 Å². The average molecular weight is 340 g/mol. The Kier molecular flexibility index (Phi) is 3.63. The minimum atomic E-state index is -1.09. The molecule has 1 aliphatic heterocycles. The number of aliphatic carboxylic acids is 1. The Balaban J connectivity index is 1.54. The normalized spacial score (nSPS) is 29.7. The number of fused-ring (bicyclic) bond motifs is 5. The fraction of sp³-hybridized carbons (Fsp3) is 0.333. The van der Waals surface area contributed by atoms with E-state index in [2.05, 4.69) is 5.10 Å². The zero-order valence-electron chi connectivity index (χ0n) is 13.2. The molecule has 4 rings (SSSR count). The average Bonchev–Trinajstić information content (AvgIpc) is 3.27. The highest BCUT2D eigenvalue weighted by Crippen LogP contribution is 2.52. The summed E-state index contributed by atoms with van der Waals surface area (Å²) >= 11 is 0. The molecule has 0 radical (unpaired) electrons. The fourth-order valence-corrected chi connectivity index (χ4v) is 3.98. The Hall–Kier alpha value is -2.96. The number of hydrazone groups is 1. The van der Waals surface area contributed by atoms with Gasteiger partial charge < -0.3 is 9.84 Å². The van der Waals surface area contributed by atoms with Crippen LogP contribution in [0.5, 0.6) is 5.75 Å². The van der Waals surface area contributed by atoms with Gasteiger partial charge in [-0.1, -0.05) is 24.3 Å². The SMILES string of the molecule is O=C(O)COc1ccccc1C=NN1C(=O)[C@@H]2[C@H](C1=O)[C@H]1C=C[C@H]2C1. The maximum atomic E-state index is 12.6. The number of benzene rings is 1. The first-order valence-corrected chi connectivity index (χ1v) is 8.10. The van der Waals surface area contributed by atoms with Gasteiger partial charge in [0.15, 0.2) is 6.61 Å². The highest BCUT2D eigenvalue weighted by Gasteiger charge is 2.59. The predicted molar refractivity (Wildman–Crippen MR) is 86.7 cm³/mol. The summed E-state index contributed by atoms with van der Waals surface area (Å²) in [6.45, 7) is -0.481. The number of hydrogen-bond acceptors (Lipinski definition) is 5. The molecule has 128 valence electrons. The monoisotopic (exact) mass is 340 g/mol. The summed E-state index contributed by atoms with van der Waals surface area (Å²) in [4.78, 5) is 35.8. The molecule has 1 aromatic carbocycles. The maximum absolute atomic E-state index is 12.6. The number of para-hydroxylation sites is 1. The van der Waals surface area contributed by atoms with Crippen LogP contribution >= 0.6 is 0 Å². The van der Waals surface area contributed by atoms with Crippen LogP contribution in [0.2, 0.25) is 0 Å². The van der Waals surface area contributed by atoms with E-state index >= 15 is 0 Å². The first kappa shape index (κ1) is 15.6. The van der Waals surface area contributed by atoms with Gasteiger partial charge >= 0.3 is 5.97 Å². The molecule has 2 aliphatic carbocycles. The second-order valence-corrected chi connectivity index (χ2v) is 6.45. The summed E-state index contributed by atoms with van der Waals surface area (Å²) in [6.07, 6.45) is 6.29. The van der Waals surface area contributed by atoms with Crippen molar-refractivity contribution < 1.29 is 24.2 Å². The molecule has 0 aromatic heterocycles. The van der Waals surface area contributed by atoms with Crippen molar-refractivity contribution in [2.75, 3.05) is 6.61 Å². The van der Waals surface area contributed by atoms with Crippen LogP contribution in [0.15, 0.2) is 41.5 Å². The summed E-state index contributed by atoms with van der Waals surface area (Å²) in [5, 5.41) is 13.8. The van der Waals surface area contributed by atoms with Crippen LogP contribution in [0.25, 0.3) is 0 Å². The van der Waals surface area contributed by atoms with Gasteiger partial charge in [-0.3, -0.25) is 9.59 Å². The van der Waals surface area contributed by atoms with Crippen molar-refractivity contribution in [1.29, 1.82) is 0 Å². The highest BCUT2D eigenvalue weighted by molar-refractivity contribution is 6.06. The van der Waals surface area contributed by atoms with Crippen LogP contribution in [0, 0.1) is 23.7 Å². The summed E-state index contributed by atoms with van der Waals surface area (Å²) in [6, 6.07) is 6.73. The second-order valence-electron chi connectivity index (χ2n) is 6.45.